The highest BCUT2D eigenvalue weighted by atomic mass is 16.6. The summed E-state index contributed by atoms with van der Waals surface area (Å²) in [7, 11) is 0. The van der Waals surface area contributed by atoms with Crippen LogP contribution in [0.15, 0.2) is 0 Å². The highest BCUT2D eigenvalue weighted by Crippen LogP contribution is 2.13. The fourth-order valence-corrected chi connectivity index (χ4v) is 1.64. The minimum absolute atomic E-state index is 0.191. The molecule has 16 heavy (non-hydrogen) atoms. The summed E-state index contributed by atoms with van der Waals surface area (Å²) in [5.41, 5.74) is 4.71. The Balaban J connectivity index is 2.33. The molecule has 0 aromatic carbocycles. The van der Waals surface area contributed by atoms with Gasteiger partial charge in [0.05, 0.1) is 18.8 Å². The molecule has 1 amide bonds. The lowest BCUT2D eigenvalue weighted by Crippen LogP contribution is -2.56. The summed E-state index contributed by atoms with van der Waals surface area (Å²) in [5.74, 6) is -0.338. The number of hydrogen-bond acceptors (Lipinski definition) is 4. The van der Waals surface area contributed by atoms with Crippen LogP contribution in [0.3, 0.4) is 0 Å². The van der Waals surface area contributed by atoms with Gasteiger partial charge in [0, 0.05) is 12.6 Å². The minimum Gasteiger partial charge on any atom is -0.376 e. The zero-order chi connectivity index (χ0) is 12.2. The summed E-state index contributed by atoms with van der Waals surface area (Å²) in [4.78, 5) is 11.4. The summed E-state index contributed by atoms with van der Waals surface area (Å²) in [6, 6.07) is 0.213. The van der Waals surface area contributed by atoms with Gasteiger partial charge in [0.2, 0.25) is 5.91 Å². The Morgan fingerprint density at radius 3 is 2.62 bits per heavy atom. The Bertz CT molecular complexity index is 241. The van der Waals surface area contributed by atoms with Gasteiger partial charge in [0.15, 0.2) is 0 Å². The second-order valence-electron chi connectivity index (χ2n) is 4.78. The van der Waals surface area contributed by atoms with Gasteiger partial charge < -0.3 is 20.5 Å². The number of carbonyl (C=O) groups excluding carboxylic acids is 1. The lowest BCUT2D eigenvalue weighted by Gasteiger charge is -2.32. The van der Waals surface area contributed by atoms with Crippen molar-refractivity contribution in [2.24, 2.45) is 5.73 Å². The molecule has 0 bridgehead atoms. The third-order valence-corrected chi connectivity index (χ3v) is 2.71. The first-order chi connectivity index (χ1) is 7.44. The minimum atomic E-state index is -0.696. The van der Waals surface area contributed by atoms with Gasteiger partial charge >= 0.3 is 0 Å². The molecule has 1 aliphatic rings. The maximum atomic E-state index is 11.4. The highest BCUT2D eigenvalue weighted by Gasteiger charge is 2.31. The molecular weight excluding hydrogens is 208 g/mol. The molecule has 0 spiro atoms. The predicted molar refractivity (Wildman–Crippen MR) is 61.0 cm³/mol. The molecule has 0 aromatic heterocycles. The zero-order valence-corrected chi connectivity index (χ0v) is 10.3. The number of ether oxygens (including phenoxy) is 2. The topological polar surface area (TPSA) is 73.6 Å². The van der Waals surface area contributed by atoms with Crippen LogP contribution < -0.4 is 11.1 Å². The van der Waals surface area contributed by atoms with E-state index in [9.17, 15) is 4.79 Å². The zero-order valence-electron chi connectivity index (χ0n) is 10.3. The van der Waals surface area contributed by atoms with Gasteiger partial charge in [-0.15, -0.1) is 0 Å². The van der Waals surface area contributed by atoms with Gasteiger partial charge in [-0.3, -0.25) is 4.79 Å². The number of nitrogens with two attached hydrogens (primary N) is 1. The Kier molecular flexibility index (Phi) is 4.70. The molecule has 5 heteroatoms. The summed E-state index contributed by atoms with van der Waals surface area (Å²) in [5, 5.41) is 3.18. The SMILES string of the molecule is CC(C)NC(C)(CCOC1COC1)C(N)=O. The van der Waals surface area contributed by atoms with Gasteiger partial charge in [-0.05, 0) is 27.2 Å². The van der Waals surface area contributed by atoms with Crippen LogP contribution in [0.2, 0.25) is 0 Å². The molecule has 3 N–H and O–H groups in total. The van der Waals surface area contributed by atoms with E-state index in [-0.39, 0.29) is 18.1 Å². The van der Waals surface area contributed by atoms with Gasteiger partial charge in [-0.25, -0.2) is 0 Å². The van der Waals surface area contributed by atoms with Crippen molar-refractivity contribution in [2.45, 2.75) is 44.9 Å². The molecule has 1 atom stereocenters. The molecule has 94 valence electrons. The van der Waals surface area contributed by atoms with Crippen LogP contribution >= 0.6 is 0 Å². The second kappa shape index (κ2) is 5.61. The van der Waals surface area contributed by atoms with Crippen molar-refractivity contribution in [1.29, 1.82) is 0 Å². The largest absolute Gasteiger partial charge is 0.376 e. The summed E-state index contributed by atoms with van der Waals surface area (Å²) in [6.07, 6.45) is 0.771. The Morgan fingerprint density at radius 1 is 1.62 bits per heavy atom. The van der Waals surface area contributed by atoms with Crippen molar-refractivity contribution in [2.75, 3.05) is 19.8 Å². The van der Waals surface area contributed by atoms with Gasteiger partial charge in [0.25, 0.3) is 0 Å². The Hall–Kier alpha value is -0.650. The molecule has 1 saturated heterocycles. The summed E-state index contributed by atoms with van der Waals surface area (Å²) in [6.45, 7) is 7.63. The van der Waals surface area contributed by atoms with Crippen molar-refractivity contribution < 1.29 is 14.3 Å². The third-order valence-electron chi connectivity index (χ3n) is 2.71. The average molecular weight is 230 g/mol. The van der Waals surface area contributed by atoms with Gasteiger partial charge in [-0.1, -0.05) is 0 Å². The van der Waals surface area contributed by atoms with Crippen molar-refractivity contribution >= 4 is 5.91 Å². The molecule has 1 heterocycles. The molecule has 1 fully saturated rings. The third kappa shape index (κ3) is 3.73. The summed E-state index contributed by atoms with van der Waals surface area (Å²) < 4.78 is 10.5. The van der Waals surface area contributed by atoms with Crippen LogP contribution in [-0.4, -0.2) is 43.4 Å². The standard InChI is InChI=1S/C11H22N2O3/c1-8(2)13-11(3,10(12)14)4-5-16-9-6-15-7-9/h8-9,13H,4-7H2,1-3H3,(H2,12,14). The lowest BCUT2D eigenvalue weighted by atomic mass is 9.96. The first-order valence-electron chi connectivity index (χ1n) is 5.71. The number of amides is 1. The van der Waals surface area contributed by atoms with E-state index >= 15 is 0 Å². The first-order valence-corrected chi connectivity index (χ1v) is 5.71. The second-order valence-corrected chi connectivity index (χ2v) is 4.78. The van der Waals surface area contributed by atoms with E-state index in [0.29, 0.717) is 26.2 Å². The molecule has 0 aromatic rings. The molecular formula is C11H22N2O3. The number of primary amides is 1. The van der Waals surface area contributed by atoms with Crippen LogP contribution in [0, 0.1) is 0 Å². The molecule has 5 nitrogen and oxygen atoms in total. The monoisotopic (exact) mass is 230 g/mol. The summed E-state index contributed by atoms with van der Waals surface area (Å²) >= 11 is 0. The lowest BCUT2D eigenvalue weighted by molar-refractivity contribution is -0.137. The van der Waals surface area contributed by atoms with Crippen LogP contribution in [0.1, 0.15) is 27.2 Å². The van der Waals surface area contributed by atoms with E-state index < -0.39 is 5.54 Å². The van der Waals surface area contributed by atoms with Crippen LogP contribution in [-0.2, 0) is 14.3 Å². The van der Waals surface area contributed by atoms with E-state index in [4.69, 9.17) is 15.2 Å². The van der Waals surface area contributed by atoms with Crippen molar-refractivity contribution in [3.8, 4) is 0 Å². The smallest absolute Gasteiger partial charge is 0.237 e. The number of hydrogen-bond donors (Lipinski definition) is 2. The quantitative estimate of drug-likeness (QED) is 0.647. The molecule has 0 saturated carbocycles. The van der Waals surface area contributed by atoms with E-state index in [0.717, 1.165) is 0 Å². The van der Waals surface area contributed by atoms with E-state index in [1.807, 2.05) is 20.8 Å². The van der Waals surface area contributed by atoms with E-state index in [2.05, 4.69) is 5.32 Å². The first kappa shape index (κ1) is 13.4. The average Bonchev–Trinajstić information content (AvgIpc) is 2.08. The van der Waals surface area contributed by atoms with Crippen molar-refractivity contribution in [1.82, 2.24) is 5.32 Å². The maximum Gasteiger partial charge on any atom is 0.237 e. The van der Waals surface area contributed by atoms with E-state index in [1.54, 1.807) is 0 Å². The van der Waals surface area contributed by atoms with Gasteiger partial charge in [-0.2, -0.15) is 0 Å². The molecule has 1 aliphatic heterocycles. The molecule has 0 aliphatic carbocycles. The fourth-order valence-electron chi connectivity index (χ4n) is 1.64. The van der Waals surface area contributed by atoms with E-state index in [1.165, 1.54) is 0 Å². The Labute approximate surface area is 96.7 Å². The van der Waals surface area contributed by atoms with Crippen LogP contribution in [0.4, 0.5) is 0 Å². The predicted octanol–water partition coefficient (Wildman–Crippen LogP) is 0.0339. The van der Waals surface area contributed by atoms with Crippen molar-refractivity contribution in [3.05, 3.63) is 0 Å². The highest BCUT2D eigenvalue weighted by molar-refractivity contribution is 5.84. The molecule has 1 unspecified atom stereocenters. The number of rotatable bonds is 7. The maximum absolute atomic E-state index is 11.4. The van der Waals surface area contributed by atoms with Gasteiger partial charge in [0.1, 0.15) is 6.10 Å². The van der Waals surface area contributed by atoms with Crippen LogP contribution in [0.25, 0.3) is 0 Å². The number of nitrogens with one attached hydrogen (secondary N) is 1. The van der Waals surface area contributed by atoms with Crippen molar-refractivity contribution in [3.63, 3.8) is 0 Å². The Morgan fingerprint density at radius 2 is 2.25 bits per heavy atom. The number of carbonyl (C=O) groups is 1. The molecule has 0 radical (unpaired) electrons. The van der Waals surface area contributed by atoms with Crippen LogP contribution in [0.5, 0.6) is 0 Å². The molecule has 1 rings (SSSR count). The fraction of sp³-hybridized carbons (Fsp3) is 0.909. The normalized spacial score (nSPS) is 20.5.